The zero-order valence-corrected chi connectivity index (χ0v) is 49.6. The molecule has 27 heteroatoms. The minimum atomic E-state index is -4.69. The SMILES string of the molecule is COC(=O)[C@H](Cc1ccc(-c2nc(C)c(C)cc2C(F)(F)F)c2ncccc12)NC(=O)c1c(F)cccc1F.Cc1cc(C(F)(F)F)c(-c2ccc(C[C@H](NC(=O)c3c(F)cccc3F)C(=O)O)c3cccnc23)nc1C.Cc1cc(C(F)(F)F)c(Br)nc1C. The maximum atomic E-state index is 14.1. The summed E-state index contributed by atoms with van der Waals surface area (Å²) in [5, 5.41) is 14.8. The van der Waals surface area contributed by atoms with Crippen molar-refractivity contribution in [2.45, 2.75) is 85.0 Å². The van der Waals surface area contributed by atoms with Crippen molar-refractivity contribution < 1.29 is 86.1 Å². The smallest absolute Gasteiger partial charge is 0.419 e. The summed E-state index contributed by atoms with van der Waals surface area (Å²) in [6, 6.07) is 17.7. The number of rotatable bonds is 12. The first kappa shape index (κ1) is 68.1. The van der Waals surface area contributed by atoms with Crippen LogP contribution >= 0.6 is 15.9 Å². The fourth-order valence-corrected chi connectivity index (χ4v) is 9.80. The molecule has 5 heterocycles. The number of aromatic nitrogens is 5. The number of aliphatic carboxylic acids is 1. The highest BCUT2D eigenvalue weighted by molar-refractivity contribution is 9.10. The Morgan fingerprint density at radius 2 is 0.867 bits per heavy atom. The van der Waals surface area contributed by atoms with Crippen LogP contribution in [0.1, 0.15) is 82.3 Å². The number of alkyl halides is 9. The van der Waals surface area contributed by atoms with E-state index in [0.717, 1.165) is 61.7 Å². The number of aryl methyl sites for hydroxylation is 6. The average molecular weight is 1330 g/mol. The standard InChI is InChI=1S/C28H22F5N3O3.C27H20F5N3O3.C8H7BrF3N/c1-14-12-19(28(31,32)33)25(35-15(14)2)18-10-9-16(17-6-5-11-34-24(17)18)13-22(27(38)39-3)36-26(37)23-20(29)7-4-8-21(23)30;1-13-11-18(27(30,31)32)24(34-14(13)2)17-9-8-15(16-5-4-10-33-23(16)17)12-21(26(37)38)35-25(36)22-19(28)6-3-7-20(22)29;1-4-3-6(8(10,11)12)7(9)13-5(4)2/h4-12,22H,13H2,1-3H3,(H,36,37);3-11,21H,12H2,1-2H3,(H,35,36)(H,37,38);3H,1-2H3/t22-;21-;/m00./s1. The molecule has 9 rings (SSSR count). The van der Waals surface area contributed by atoms with E-state index in [9.17, 15) is 81.4 Å². The normalized spacial score (nSPS) is 12.3. The molecule has 2 atom stereocenters. The maximum absolute atomic E-state index is 14.1. The predicted octanol–water partition coefficient (Wildman–Crippen LogP) is 14.8. The molecular weight excluding hydrogens is 1280 g/mol. The third kappa shape index (κ3) is 15.5. The Bertz CT molecular complexity index is 4220. The number of hydrogen-bond acceptors (Lipinski definition) is 10. The van der Waals surface area contributed by atoms with Gasteiger partial charge in [-0.3, -0.25) is 29.5 Å². The minimum Gasteiger partial charge on any atom is -0.480 e. The number of halogens is 14. The largest absolute Gasteiger partial charge is 0.480 e. The summed E-state index contributed by atoms with van der Waals surface area (Å²) in [5.74, 6) is -9.36. The van der Waals surface area contributed by atoms with Crippen LogP contribution in [0.15, 0.2) is 120 Å². The van der Waals surface area contributed by atoms with E-state index in [1.54, 1.807) is 45.9 Å². The third-order valence-electron chi connectivity index (χ3n) is 14.1. The number of carboxylic acids is 1. The number of ether oxygens (including phenoxy) is 1. The summed E-state index contributed by atoms with van der Waals surface area (Å²) in [5.41, 5.74) is -1.03. The number of carbonyl (C=O) groups excluding carboxylic acids is 3. The molecule has 0 saturated heterocycles. The van der Waals surface area contributed by atoms with E-state index >= 15 is 0 Å². The van der Waals surface area contributed by atoms with Crippen molar-refractivity contribution in [2.24, 2.45) is 0 Å². The lowest BCUT2D eigenvalue weighted by molar-refractivity contribution is -0.143. The fourth-order valence-electron chi connectivity index (χ4n) is 9.20. The van der Waals surface area contributed by atoms with Gasteiger partial charge >= 0.3 is 30.5 Å². The van der Waals surface area contributed by atoms with Crippen molar-refractivity contribution in [2.75, 3.05) is 7.11 Å². The van der Waals surface area contributed by atoms with Crippen molar-refractivity contribution >= 4 is 61.5 Å². The maximum Gasteiger partial charge on any atom is 0.419 e. The van der Waals surface area contributed by atoms with Crippen LogP contribution in [0, 0.1) is 64.8 Å². The quantitative estimate of drug-likeness (QED) is 0.0600. The van der Waals surface area contributed by atoms with Crippen molar-refractivity contribution in [3.05, 3.63) is 216 Å². The molecule has 0 aliphatic carbocycles. The van der Waals surface area contributed by atoms with Crippen LogP contribution in [0.3, 0.4) is 0 Å². The van der Waals surface area contributed by atoms with Gasteiger partial charge in [-0.05, 0) is 140 Å². The number of hydrogen-bond donors (Lipinski definition) is 3. The highest BCUT2D eigenvalue weighted by atomic mass is 79.9. The number of benzene rings is 4. The summed E-state index contributed by atoms with van der Waals surface area (Å²) < 4.78 is 181. The molecule has 0 unspecified atom stereocenters. The molecular formula is C63H49BrF13N7O6. The number of methoxy groups -OCH3 is 1. The molecule has 0 saturated carbocycles. The molecule has 13 nitrogen and oxygen atoms in total. The minimum absolute atomic E-state index is 0.0871. The fraction of sp³-hybridized carbons (Fsp3) is 0.222. The van der Waals surface area contributed by atoms with E-state index in [2.05, 4.69) is 51.5 Å². The van der Waals surface area contributed by atoms with Gasteiger partial charge in [0.25, 0.3) is 11.8 Å². The molecule has 3 N–H and O–H groups in total. The summed E-state index contributed by atoms with van der Waals surface area (Å²) in [4.78, 5) is 70.3. The molecule has 0 aliphatic rings. The summed E-state index contributed by atoms with van der Waals surface area (Å²) in [6.45, 7) is 9.51. The highest BCUT2D eigenvalue weighted by Crippen LogP contribution is 2.42. The number of nitrogens with zero attached hydrogens (tertiary/aromatic N) is 5. The van der Waals surface area contributed by atoms with Crippen molar-refractivity contribution in [3.8, 4) is 22.5 Å². The van der Waals surface area contributed by atoms with Crippen LogP contribution in [0.25, 0.3) is 44.3 Å². The summed E-state index contributed by atoms with van der Waals surface area (Å²) in [7, 11) is 1.08. The van der Waals surface area contributed by atoms with Gasteiger partial charge in [-0.2, -0.15) is 39.5 Å². The Kier molecular flexibility index (Phi) is 20.8. The van der Waals surface area contributed by atoms with Gasteiger partial charge in [0.1, 0.15) is 51.1 Å². The number of carbonyl (C=O) groups is 4. The van der Waals surface area contributed by atoms with Crippen molar-refractivity contribution in [1.29, 1.82) is 0 Å². The Morgan fingerprint density at radius 1 is 0.511 bits per heavy atom. The highest BCUT2D eigenvalue weighted by Gasteiger charge is 2.38. The summed E-state index contributed by atoms with van der Waals surface area (Å²) >= 11 is 2.79. The Labute approximate surface area is 511 Å². The van der Waals surface area contributed by atoms with Gasteiger partial charge in [0.15, 0.2) is 0 Å². The van der Waals surface area contributed by atoms with Crippen molar-refractivity contribution in [3.63, 3.8) is 0 Å². The number of nitrogens with one attached hydrogen (secondary N) is 2. The Balaban J connectivity index is 0.000000214. The lowest BCUT2D eigenvalue weighted by Gasteiger charge is -2.19. The van der Waals surface area contributed by atoms with Crippen molar-refractivity contribution in [1.82, 2.24) is 35.6 Å². The zero-order chi connectivity index (χ0) is 66.5. The number of esters is 1. The monoisotopic (exact) mass is 1330 g/mol. The van der Waals surface area contributed by atoms with Gasteiger partial charge in [-0.15, -0.1) is 0 Å². The van der Waals surface area contributed by atoms with Gasteiger partial charge in [-0.1, -0.05) is 48.5 Å². The van der Waals surface area contributed by atoms with Crippen LogP contribution < -0.4 is 10.6 Å². The van der Waals surface area contributed by atoms with Gasteiger partial charge in [-0.25, -0.2) is 32.1 Å². The van der Waals surface area contributed by atoms with Crippen LogP contribution in [0.5, 0.6) is 0 Å². The molecule has 0 fully saturated rings. The van der Waals surface area contributed by atoms with E-state index in [1.165, 1.54) is 56.6 Å². The number of fused-ring (bicyclic) bond motifs is 2. The number of pyridine rings is 5. The van der Waals surface area contributed by atoms with E-state index in [-0.39, 0.29) is 51.0 Å². The van der Waals surface area contributed by atoms with Gasteiger partial charge in [0.05, 0.1) is 46.2 Å². The van der Waals surface area contributed by atoms with Crippen LogP contribution in [0.4, 0.5) is 57.1 Å². The number of carboxylic acid groups (broad SMARTS) is 1. The van der Waals surface area contributed by atoms with Gasteiger partial charge < -0.3 is 20.5 Å². The molecule has 0 aliphatic heterocycles. The molecule has 0 spiro atoms. The molecule has 0 radical (unpaired) electrons. The van der Waals surface area contributed by atoms with Gasteiger partial charge in [0, 0.05) is 64.2 Å². The average Bonchev–Trinajstić information content (AvgIpc) is 0.886. The van der Waals surface area contributed by atoms with Crippen LogP contribution in [0.2, 0.25) is 0 Å². The Morgan fingerprint density at radius 3 is 1.23 bits per heavy atom. The first-order valence-corrected chi connectivity index (χ1v) is 27.3. The topological polar surface area (TPSA) is 186 Å². The van der Waals surface area contributed by atoms with E-state index in [4.69, 9.17) is 4.74 Å². The second-order valence-corrected chi connectivity index (χ2v) is 20.9. The van der Waals surface area contributed by atoms with E-state index < -0.39 is 105 Å². The molecule has 9 aromatic rings. The zero-order valence-electron chi connectivity index (χ0n) is 48.1. The lowest BCUT2D eigenvalue weighted by atomic mass is 9.94. The second-order valence-electron chi connectivity index (χ2n) is 20.2. The first-order valence-electron chi connectivity index (χ1n) is 26.5. The predicted molar refractivity (Wildman–Crippen MR) is 308 cm³/mol. The molecule has 90 heavy (non-hydrogen) atoms. The second kappa shape index (κ2) is 27.6. The number of amides is 2. The molecule has 5 aromatic heterocycles. The van der Waals surface area contributed by atoms with Crippen LogP contribution in [-0.2, 0) is 45.7 Å². The third-order valence-corrected chi connectivity index (χ3v) is 14.7. The van der Waals surface area contributed by atoms with Gasteiger partial charge in [0.2, 0.25) is 0 Å². The molecule has 0 bridgehead atoms. The molecule has 4 aromatic carbocycles. The first-order chi connectivity index (χ1) is 42.1. The van der Waals surface area contributed by atoms with Crippen LogP contribution in [-0.4, -0.2) is 73.0 Å². The molecule has 2 amide bonds. The molecule has 470 valence electrons. The van der Waals surface area contributed by atoms with E-state index in [0.29, 0.717) is 55.7 Å². The summed E-state index contributed by atoms with van der Waals surface area (Å²) in [6.07, 6.45) is -11.5. The van der Waals surface area contributed by atoms with E-state index in [1.807, 2.05) is 0 Å². The lowest BCUT2D eigenvalue weighted by Crippen LogP contribution is -2.43. The Hall–Kier alpha value is -9.40.